The Morgan fingerprint density at radius 3 is 2.33 bits per heavy atom. The van der Waals surface area contributed by atoms with Crippen LogP contribution in [0.15, 0.2) is 30.6 Å². The van der Waals surface area contributed by atoms with Crippen LogP contribution >= 0.6 is 0 Å². The van der Waals surface area contributed by atoms with Crippen LogP contribution in [-0.2, 0) is 21.9 Å². The molecule has 1 aliphatic rings. The number of hydrazine groups is 1. The number of alkyl halides is 6. The molecule has 1 aromatic carbocycles. The number of amides is 2. The van der Waals surface area contributed by atoms with Gasteiger partial charge in [-0.2, -0.15) is 26.3 Å². The third-order valence-electron chi connectivity index (χ3n) is 3.99. The van der Waals surface area contributed by atoms with Crippen LogP contribution in [0.25, 0.3) is 17.6 Å². The molecule has 13 heteroatoms. The molecule has 0 saturated carbocycles. The molecule has 7 nitrogen and oxygen atoms in total. The van der Waals surface area contributed by atoms with Crippen molar-refractivity contribution in [2.45, 2.75) is 18.8 Å². The molecule has 30 heavy (non-hydrogen) atoms. The van der Waals surface area contributed by atoms with Crippen molar-refractivity contribution in [2.24, 2.45) is 0 Å². The van der Waals surface area contributed by atoms with Gasteiger partial charge >= 0.3 is 12.4 Å². The van der Waals surface area contributed by atoms with Crippen molar-refractivity contribution in [3.63, 3.8) is 0 Å². The molecule has 0 atom stereocenters. The number of rotatable bonds is 3. The fourth-order valence-electron chi connectivity index (χ4n) is 2.54. The zero-order chi connectivity index (χ0) is 24.8. The van der Waals surface area contributed by atoms with E-state index < -0.39 is 53.7 Å². The van der Waals surface area contributed by atoms with E-state index in [4.69, 9.17) is 4.11 Å². The van der Waals surface area contributed by atoms with E-state index >= 15 is 0 Å². The Hall–Kier alpha value is -3.38. The summed E-state index contributed by atoms with van der Waals surface area (Å²) in [5.41, 5.74) is -3.65. The van der Waals surface area contributed by atoms with Crippen LogP contribution in [0.1, 0.15) is 21.7 Å². The highest BCUT2D eigenvalue weighted by molar-refractivity contribution is 5.93. The van der Waals surface area contributed by atoms with Gasteiger partial charge < -0.3 is 0 Å². The Morgan fingerprint density at radius 1 is 1.13 bits per heavy atom. The van der Waals surface area contributed by atoms with Crippen molar-refractivity contribution < 1.29 is 40.0 Å². The predicted octanol–water partition coefficient (Wildman–Crippen LogP) is 3.06. The van der Waals surface area contributed by atoms with Crippen molar-refractivity contribution in [2.75, 3.05) is 13.5 Å². The molecule has 3 rings (SSSR count). The van der Waals surface area contributed by atoms with Gasteiger partial charge in [0.1, 0.15) is 6.33 Å². The van der Waals surface area contributed by atoms with E-state index in [1.807, 2.05) is 0 Å². The monoisotopic (exact) mass is 436 g/mol. The maximum Gasteiger partial charge on any atom is 0.416 e. The maximum absolute atomic E-state index is 13.0. The van der Waals surface area contributed by atoms with Crippen LogP contribution < -0.4 is 0 Å². The van der Waals surface area contributed by atoms with Gasteiger partial charge in [0, 0.05) is 35.3 Å². The third-order valence-corrected chi connectivity index (χ3v) is 3.99. The minimum atomic E-state index is -5.05. The molecule has 2 amide bonds. The maximum atomic E-state index is 13.0. The third kappa shape index (κ3) is 4.44. The predicted molar refractivity (Wildman–Crippen MR) is 89.9 cm³/mol. The van der Waals surface area contributed by atoms with Crippen LogP contribution in [0.3, 0.4) is 0 Å². The van der Waals surface area contributed by atoms with Gasteiger partial charge in [0.25, 0.3) is 5.91 Å². The first kappa shape index (κ1) is 17.5. The summed E-state index contributed by atoms with van der Waals surface area (Å²) in [5.74, 6) is -2.18. The Bertz CT molecular complexity index is 1080. The summed E-state index contributed by atoms with van der Waals surface area (Å²) < 4.78 is 101. The summed E-state index contributed by atoms with van der Waals surface area (Å²) in [6.45, 7) is -3.08. The molecule has 0 radical (unpaired) electrons. The van der Waals surface area contributed by atoms with Crippen molar-refractivity contribution in [1.29, 1.82) is 0 Å². The topological polar surface area (TPSA) is 71.3 Å². The minimum absolute atomic E-state index is 0.0346. The zero-order valence-corrected chi connectivity index (χ0v) is 14.7. The number of aromatic nitrogens is 3. The van der Waals surface area contributed by atoms with Crippen LogP contribution in [-0.4, -0.2) is 50.1 Å². The first-order chi connectivity index (χ1) is 15.1. The lowest BCUT2D eigenvalue weighted by Crippen LogP contribution is -2.39. The van der Waals surface area contributed by atoms with Crippen molar-refractivity contribution in [3.8, 4) is 11.4 Å². The van der Waals surface area contributed by atoms with Crippen molar-refractivity contribution >= 4 is 18.0 Å². The molecule has 0 unspecified atom stereocenters. The highest BCUT2D eigenvalue weighted by atomic mass is 19.4. The molecule has 0 aliphatic carbocycles. The van der Waals surface area contributed by atoms with Crippen LogP contribution in [0.4, 0.5) is 26.3 Å². The molecule has 160 valence electrons. The number of nitrogens with zero attached hydrogens (tertiary/aromatic N) is 5. The molecule has 0 bridgehead atoms. The first-order valence-electron chi connectivity index (χ1n) is 9.61. The summed E-state index contributed by atoms with van der Waals surface area (Å²) >= 11 is 0. The molecule has 1 saturated heterocycles. The van der Waals surface area contributed by atoms with Gasteiger partial charge in [-0.3, -0.25) is 14.6 Å². The number of carbonyl (C=O) groups is 2. The Morgan fingerprint density at radius 2 is 1.77 bits per heavy atom. The second-order valence-electron chi connectivity index (χ2n) is 6.08. The van der Waals surface area contributed by atoms with E-state index in [1.165, 1.54) is 0 Å². The van der Waals surface area contributed by atoms with Gasteiger partial charge in [0.05, 0.1) is 17.7 Å². The lowest BCUT2D eigenvalue weighted by atomic mass is 10.0. The average Bonchev–Trinajstić information content (AvgIpc) is 3.30. The number of carbonyl (C=O) groups excluding carboxylic acids is 2. The van der Waals surface area contributed by atoms with Crippen LogP contribution in [0.2, 0.25) is 0 Å². The number of halogens is 6. The lowest BCUT2D eigenvalue weighted by molar-refractivity contribution is -0.147. The van der Waals surface area contributed by atoms with E-state index in [0.717, 1.165) is 23.3 Å². The van der Waals surface area contributed by atoms with Gasteiger partial charge in [-0.25, -0.2) is 14.7 Å². The Balaban J connectivity index is 1.86. The van der Waals surface area contributed by atoms with E-state index in [9.17, 15) is 35.9 Å². The molecule has 0 spiro atoms. The van der Waals surface area contributed by atoms with Gasteiger partial charge in [-0.1, -0.05) is 0 Å². The quantitative estimate of drug-likeness (QED) is 0.548. The van der Waals surface area contributed by atoms with E-state index in [1.54, 1.807) is 0 Å². The smallest absolute Gasteiger partial charge is 0.273 e. The molecule has 1 fully saturated rings. The summed E-state index contributed by atoms with van der Waals surface area (Å²) in [5, 5.41) is 4.74. The second kappa shape index (κ2) is 7.46. The highest BCUT2D eigenvalue weighted by Gasteiger charge is 2.37. The summed E-state index contributed by atoms with van der Waals surface area (Å²) in [7, 11) is 0. The van der Waals surface area contributed by atoms with E-state index in [2.05, 4.69) is 10.1 Å². The van der Waals surface area contributed by atoms with Crippen molar-refractivity contribution in [3.05, 3.63) is 41.7 Å². The number of benzene rings is 1. The minimum Gasteiger partial charge on any atom is -0.273 e. The van der Waals surface area contributed by atoms with Gasteiger partial charge in [-0.05, 0) is 18.2 Å². The standard InChI is InChI=1S/C17H13F6N5O2/c1-26-13(29)3-5-28(26)14(30)2-4-27-9-24-15(25-27)10-6-11(16(18,19)20)8-12(7-10)17(21,22)23/h2,4,6-9H,3,5H2,1H3/b4-2-/i1D3. The van der Waals surface area contributed by atoms with Gasteiger partial charge in [-0.15, -0.1) is 5.10 Å². The molecule has 1 aliphatic heterocycles. The highest BCUT2D eigenvalue weighted by Crippen LogP contribution is 2.38. The molecule has 1 aromatic heterocycles. The normalized spacial score (nSPS) is 17.4. The van der Waals surface area contributed by atoms with E-state index in [-0.39, 0.29) is 19.0 Å². The van der Waals surface area contributed by atoms with Crippen molar-refractivity contribution in [1.82, 2.24) is 24.8 Å². The lowest BCUT2D eigenvalue weighted by Gasteiger charge is -2.22. The van der Waals surface area contributed by atoms with Crippen LogP contribution in [0.5, 0.6) is 0 Å². The molecule has 0 N–H and O–H groups in total. The Labute approximate surface area is 169 Å². The SMILES string of the molecule is [2H]C([2H])([2H])N1C(=O)CCN1C(=O)/C=C\n1cnc(-c2cc(C(F)(F)F)cc(C(F)(F)F)c2)n1. The zero-order valence-electron chi connectivity index (χ0n) is 17.7. The number of hydrogen-bond acceptors (Lipinski definition) is 4. The fraction of sp³-hybridized carbons (Fsp3) is 0.294. The Kier molecular flexibility index (Phi) is 4.35. The summed E-state index contributed by atoms with van der Waals surface area (Å²) in [4.78, 5) is 27.7. The average molecular weight is 436 g/mol. The molecule has 2 heterocycles. The summed E-state index contributed by atoms with van der Waals surface area (Å²) in [6, 6.07) is 0.870. The second-order valence-corrected chi connectivity index (χ2v) is 6.08. The molecular formula is C17H13F6N5O2. The number of hydrogen-bond donors (Lipinski definition) is 0. The van der Waals surface area contributed by atoms with Crippen LogP contribution in [0, 0.1) is 0 Å². The van der Waals surface area contributed by atoms with Gasteiger partial charge in [0.15, 0.2) is 5.82 Å². The summed E-state index contributed by atoms with van der Waals surface area (Å²) in [6.07, 6.45) is -7.61. The molecule has 2 aromatic rings. The molecular weight excluding hydrogens is 420 g/mol. The largest absolute Gasteiger partial charge is 0.416 e. The fourth-order valence-corrected chi connectivity index (χ4v) is 2.54. The first-order valence-corrected chi connectivity index (χ1v) is 8.11. The van der Waals surface area contributed by atoms with Gasteiger partial charge in [0.2, 0.25) is 5.91 Å². The van der Waals surface area contributed by atoms with E-state index in [0.29, 0.717) is 22.2 Å².